The Morgan fingerprint density at radius 1 is 1.40 bits per heavy atom. The highest BCUT2D eigenvalue weighted by Gasteiger charge is 2.34. The normalized spacial score (nSPS) is 21.3. The summed E-state index contributed by atoms with van der Waals surface area (Å²) in [4.78, 5) is 21.8. The maximum absolute atomic E-state index is 12.0. The number of carbonyl (C=O) groups excluding carboxylic acids is 1. The zero-order chi connectivity index (χ0) is 15.1. The van der Waals surface area contributed by atoms with Gasteiger partial charge in [-0.3, -0.25) is 14.9 Å². The van der Waals surface area contributed by atoms with E-state index in [1.165, 1.54) is 0 Å². The number of nitrogens with one attached hydrogen (secondary N) is 1. The minimum atomic E-state index is -3.62. The van der Waals surface area contributed by atoms with E-state index in [4.69, 9.17) is 0 Å². The van der Waals surface area contributed by atoms with Gasteiger partial charge in [0.25, 0.3) is 11.6 Å². The molecule has 0 radical (unpaired) electrons. The minimum Gasteiger partial charge on any atom is -0.349 e. The number of benzene rings is 1. The van der Waals surface area contributed by atoms with Crippen LogP contribution in [0.3, 0.4) is 0 Å². The van der Waals surface area contributed by atoms with E-state index in [0.717, 1.165) is 30.9 Å². The number of rotatable bonds is 4. The fraction of sp³-hybridized carbons (Fsp3) is 0.417. The predicted octanol–water partition coefficient (Wildman–Crippen LogP) is 1.14. The van der Waals surface area contributed by atoms with Crippen molar-refractivity contribution in [3.05, 3.63) is 33.9 Å². The van der Waals surface area contributed by atoms with E-state index in [1.807, 2.05) is 6.92 Å². The number of hydrogen-bond donors (Lipinski definition) is 1. The van der Waals surface area contributed by atoms with Crippen LogP contribution in [-0.4, -0.2) is 31.5 Å². The van der Waals surface area contributed by atoms with E-state index in [0.29, 0.717) is 5.92 Å². The van der Waals surface area contributed by atoms with Crippen molar-refractivity contribution >= 4 is 21.4 Å². The molecule has 1 saturated carbocycles. The molecule has 0 heterocycles. The Hall–Kier alpha value is -1.96. The van der Waals surface area contributed by atoms with Crippen molar-refractivity contribution in [2.24, 2.45) is 5.92 Å². The summed E-state index contributed by atoms with van der Waals surface area (Å²) in [5.41, 5.74) is -0.430. The highest BCUT2D eigenvalue weighted by molar-refractivity contribution is 7.90. The molecule has 1 aromatic rings. The van der Waals surface area contributed by atoms with Crippen LogP contribution in [0.1, 0.15) is 23.7 Å². The largest absolute Gasteiger partial charge is 0.349 e. The van der Waals surface area contributed by atoms with Crippen LogP contribution in [0.4, 0.5) is 5.69 Å². The number of sulfone groups is 1. The van der Waals surface area contributed by atoms with Crippen LogP contribution in [0.5, 0.6) is 0 Å². The maximum Gasteiger partial charge on any atom is 0.271 e. The monoisotopic (exact) mass is 298 g/mol. The summed E-state index contributed by atoms with van der Waals surface area (Å²) in [5, 5.41) is 13.5. The molecular weight excluding hydrogens is 284 g/mol. The first-order valence-electron chi connectivity index (χ1n) is 5.99. The van der Waals surface area contributed by atoms with Crippen LogP contribution in [-0.2, 0) is 9.84 Å². The second-order valence-corrected chi connectivity index (χ2v) is 7.05. The summed E-state index contributed by atoms with van der Waals surface area (Å²) < 4.78 is 23.0. The van der Waals surface area contributed by atoms with Crippen molar-refractivity contribution in [1.29, 1.82) is 0 Å². The van der Waals surface area contributed by atoms with Gasteiger partial charge in [-0.05, 0) is 18.4 Å². The molecule has 20 heavy (non-hydrogen) atoms. The Bertz CT molecular complexity index is 683. The molecule has 2 rings (SSSR count). The lowest BCUT2D eigenvalue weighted by molar-refractivity contribution is -0.385. The van der Waals surface area contributed by atoms with E-state index in [2.05, 4.69) is 5.32 Å². The first kappa shape index (κ1) is 14.4. The summed E-state index contributed by atoms with van der Waals surface area (Å²) >= 11 is 0. The molecule has 108 valence electrons. The van der Waals surface area contributed by atoms with Crippen molar-refractivity contribution in [3.63, 3.8) is 0 Å². The molecular formula is C12H14N2O5S. The van der Waals surface area contributed by atoms with Crippen LogP contribution < -0.4 is 5.32 Å². The Labute approximate surface area is 116 Å². The van der Waals surface area contributed by atoms with Crippen LogP contribution in [0, 0.1) is 16.0 Å². The third kappa shape index (κ3) is 3.13. The maximum atomic E-state index is 12.0. The SMILES string of the molecule is CC1CC1NC(=O)c1cc([N+](=O)[O-])cc(S(C)(=O)=O)c1. The Kier molecular flexibility index (Phi) is 3.51. The highest BCUT2D eigenvalue weighted by Crippen LogP contribution is 2.29. The van der Waals surface area contributed by atoms with Gasteiger partial charge < -0.3 is 5.32 Å². The number of hydrogen-bond acceptors (Lipinski definition) is 5. The van der Waals surface area contributed by atoms with Gasteiger partial charge in [-0.1, -0.05) is 6.92 Å². The molecule has 1 aromatic carbocycles. The zero-order valence-corrected chi connectivity index (χ0v) is 11.8. The van der Waals surface area contributed by atoms with E-state index >= 15 is 0 Å². The molecule has 0 aliphatic heterocycles. The predicted molar refractivity (Wildman–Crippen MR) is 71.2 cm³/mol. The molecule has 0 saturated heterocycles. The van der Waals surface area contributed by atoms with Crippen LogP contribution in [0.15, 0.2) is 23.1 Å². The number of nitro benzene ring substituents is 1. The summed E-state index contributed by atoms with van der Waals surface area (Å²) in [6.45, 7) is 1.97. The highest BCUT2D eigenvalue weighted by atomic mass is 32.2. The molecule has 0 aromatic heterocycles. The lowest BCUT2D eigenvalue weighted by Gasteiger charge is -2.06. The first-order valence-corrected chi connectivity index (χ1v) is 7.88. The summed E-state index contributed by atoms with van der Waals surface area (Å²) in [6, 6.07) is 3.25. The quantitative estimate of drug-likeness (QED) is 0.662. The lowest BCUT2D eigenvalue weighted by Crippen LogP contribution is -2.26. The van der Waals surface area contributed by atoms with Crippen molar-refractivity contribution in [3.8, 4) is 0 Å². The van der Waals surface area contributed by atoms with E-state index < -0.39 is 26.4 Å². The molecule has 1 amide bonds. The number of non-ortho nitro benzene ring substituents is 1. The minimum absolute atomic E-state index is 0.0151. The van der Waals surface area contributed by atoms with Gasteiger partial charge in [0.15, 0.2) is 9.84 Å². The molecule has 1 N–H and O–H groups in total. The van der Waals surface area contributed by atoms with Crippen molar-refractivity contribution < 1.29 is 18.1 Å². The number of carbonyl (C=O) groups is 1. The second-order valence-electron chi connectivity index (χ2n) is 5.04. The molecule has 0 spiro atoms. The van der Waals surface area contributed by atoms with Gasteiger partial charge in [-0.25, -0.2) is 8.42 Å². The molecule has 0 bridgehead atoms. The molecule has 1 aliphatic carbocycles. The van der Waals surface area contributed by atoms with Gasteiger partial charge in [0, 0.05) is 30.0 Å². The van der Waals surface area contributed by atoms with Gasteiger partial charge in [-0.2, -0.15) is 0 Å². The third-order valence-electron chi connectivity index (χ3n) is 3.22. The summed E-state index contributed by atoms with van der Waals surface area (Å²) in [5.74, 6) is -0.111. The lowest BCUT2D eigenvalue weighted by atomic mass is 10.2. The van der Waals surface area contributed by atoms with Crippen LogP contribution >= 0.6 is 0 Å². The average Bonchev–Trinajstić information content (AvgIpc) is 3.03. The summed E-state index contributed by atoms with van der Waals surface area (Å²) in [6.07, 6.45) is 1.80. The molecule has 1 fully saturated rings. The van der Waals surface area contributed by atoms with Gasteiger partial charge >= 0.3 is 0 Å². The smallest absolute Gasteiger partial charge is 0.271 e. The van der Waals surface area contributed by atoms with E-state index in [1.54, 1.807) is 0 Å². The van der Waals surface area contributed by atoms with Gasteiger partial charge in [0.05, 0.1) is 9.82 Å². The Morgan fingerprint density at radius 3 is 2.45 bits per heavy atom. The fourth-order valence-electron chi connectivity index (χ4n) is 1.81. The fourth-order valence-corrected chi connectivity index (χ4v) is 2.48. The zero-order valence-electron chi connectivity index (χ0n) is 11.0. The number of nitro groups is 1. The topological polar surface area (TPSA) is 106 Å². The van der Waals surface area contributed by atoms with Crippen molar-refractivity contribution in [2.45, 2.75) is 24.3 Å². The van der Waals surface area contributed by atoms with Crippen molar-refractivity contribution in [1.82, 2.24) is 5.32 Å². The van der Waals surface area contributed by atoms with Crippen LogP contribution in [0.2, 0.25) is 0 Å². The second kappa shape index (κ2) is 4.86. The standard InChI is InChI=1S/C12H14N2O5S/c1-7-3-11(7)13-12(15)8-4-9(14(16)17)6-10(5-8)20(2,18)19/h4-7,11H,3H2,1-2H3,(H,13,15). The first-order chi connectivity index (χ1) is 9.18. The molecule has 7 nitrogen and oxygen atoms in total. The average molecular weight is 298 g/mol. The van der Waals surface area contributed by atoms with Crippen molar-refractivity contribution in [2.75, 3.05) is 6.26 Å². The molecule has 2 atom stereocenters. The summed E-state index contributed by atoms with van der Waals surface area (Å²) in [7, 11) is -3.62. The van der Waals surface area contributed by atoms with E-state index in [-0.39, 0.29) is 16.5 Å². The number of amides is 1. The third-order valence-corrected chi connectivity index (χ3v) is 4.31. The molecule has 8 heteroatoms. The Morgan fingerprint density at radius 2 is 2.00 bits per heavy atom. The van der Waals surface area contributed by atoms with Gasteiger partial charge in [0.1, 0.15) is 0 Å². The molecule has 1 aliphatic rings. The van der Waals surface area contributed by atoms with E-state index in [9.17, 15) is 23.3 Å². The van der Waals surface area contributed by atoms with Gasteiger partial charge in [-0.15, -0.1) is 0 Å². The van der Waals surface area contributed by atoms with Gasteiger partial charge in [0.2, 0.25) is 0 Å². The Balaban J connectivity index is 2.39. The molecule has 2 unspecified atom stereocenters. The number of nitrogens with zero attached hydrogens (tertiary/aromatic N) is 1. The van der Waals surface area contributed by atoms with Crippen LogP contribution in [0.25, 0.3) is 0 Å².